The molecule has 208 valence electrons. The summed E-state index contributed by atoms with van der Waals surface area (Å²) in [5, 5.41) is 15.0. The normalized spacial score (nSPS) is 12.6. The summed E-state index contributed by atoms with van der Waals surface area (Å²) in [6.07, 6.45) is -5.87. The maximum atomic E-state index is 13.0. The molecule has 0 saturated carbocycles. The molecule has 8 nitrogen and oxygen atoms in total. The van der Waals surface area contributed by atoms with Crippen molar-refractivity contribution < 1.29 is 41.8 Å². The van der Waals surface area contributed by atoms with Crippen molar-refractivity contribution in [2.45, 2.75) is 32.7 Å². The largest absolute Gasteiger partial charge is 0.573 e. The Morgan fingerprint density at radius 3 is 2.52 bits per heavy atom. The molecule has 5 rings (SSSR count). The number of hydrogen-bond donors (Lipinski definition) is 1. The summed E-state index contributed by atoms with van der Waals surface area (Å²) in [6.45, 7) is 3.34. The fraction of sp³-hybridized carbons (Fsp3) is 0.185. The summed E-state index contributed by atoms with van der Waals surface area (Å²) in [4.78, 5) is 11.5. The molecule has 0 fully saturated rings. The first-order chi connectivity index (χ1) is 18.9. The third-order valence-electron chi connectivity index (χ3n) is 6.02. The molecule has 0 spiro atoms. The van der Waals surface area contributed by atoms with Crippen LogP contribution in [0.3, 0.4) is 0 Å². The van der Waals surface area contributed by atoms with Gasteiger partial charge in [0.2, 0.25) is 0 Å². The molecule has 1 N–H and O–H groups in total. The number of nitrogens with zero attached hydrogens (tertiary/aromatic N) is 2. The van der Waals surface area contributed by atoms with Gasteiger partial charge in [0.25, 0.3) is 0 Å². The van der Waals surface area contributed by atoms with Crippen LogP contribution in [0.1, 0.15) is 19.0 Å². The molecular formula is C27H19Cl2F3N2O6. The lowest BCUT2D eigenvalue weighted by Gasteiger charge is -2.15. The lowest BCUT2D eigenvalue weighted by Crippen LogP contribution is -2.26. The standard InChI is InChI=1S/C27H19Cl2F3N2O6/c1-3-21(26(35)36)38-23-12-15(5-8-19(23)29)37-24-13(2)34(25-17-7-4-14(28)10-22(17)40-33-25)20-9-6-16(11-18(20)24)39-27(30,31)32/h4-12,21H,3H2,1-2H3,(H,35,36)/t21-/m1/s1. The summed E-state index contributed by atoms with van der Waals surface area (Å²) in [6, 6.07) is 13.2. The molecule has 13 heteroatoms. The highest BCUT2D eigenvalue weighted by Gasteiger charge is 2.32. The first-order valence-corrected chi connectivity index (χ1v) is 12.5. The van der Waals surface area contributed by atoms with E-state index in [9.17, 15) is 23.1 Å². The first kappa shape index (κ1) is 27.5. The summed E-state index contributed by atoms with van der Waals surface area (Å²) in [5.41, 5.74) is 1.33. The second-order valence-electron chi connectivity index (χ2n) is 8.67. The van der Waals surface area contributed by atoms with Crippen LogP contribution in [0.25, 0.3) is 27.7 Å². The van der Waals surface area contributed by atoms with Crippen LogP contribution in [0.5, 0.6) is 23.0 Å². The lowest BCUT2D eigenvalue weighted by molar-refractivity contribution is -0.274. The maximum Gasteiger partial charge on any atom is 0.573 e. The van der Waals surface area contributed by atoms with Crippen molar-refractivity contribution in [2.75, 3.05) is 0 Å². The molecule has 0 amide bonds. The third kappa shape index (κ3) is 5.34. The van der Waals surface area contributed by atoms with E-state index in [4.69, 9.17) is 37.2 Å². The topological polar surface area (TPSA) is 96.0 Å². The molecule has 5 aromatic rings. The lowest BCUT2D eigenvalue weighted by atomic mass is 10.2. The van der Waals surface area contributed by atoms with Gasteiger partial charge in [-0.05, 0) is 55.8 Å². The Morgan fingerprint density at radius 2 is 1.82 bits per heavy atom. The van der Waals surface area contributed by atoms with Gasteiger partial charge in [-0.3, -0.25) is 4.57 Å². The molecule has 40 heavy (non-hydrogen) atoms. The fourth-order valence-electron chi connectivity index (χ4n) is 4.24. The Labute approximate surface area is 234 Å². The van der Waals surface area contributed by atoms with Crippen molar-refractivity contribution in [1.29, 1.82) is 0 Å². The second kappa shape index (κ2) is 10.5. The van der Waals surface area contributed by atoms with Crippen LogP contribution in [0, 0.1) is 6.92 Å². The number of ether oxygens (including phenoxy) is 3. The molecule has 3 aromatic carbocycles. The van der Waals surface area contributed by atoms with Crippen LogP contribution in [0.4, 0.5) is 13.2 Å². The molecule has 0 saturated heterocycles. The summed E-state index contributed by atoms with van der Waals surface area (Å²) in [5.74, 6) is -0.809. The second-order valence-corrected chi connectivity index (χ2v) is 9.51. The number of aromatic nitrogens is 2. The van der Waals surface area contributed by atoms with Gasteiger partial charge < -0.3 is 23.8 Å². The van der Waals surface area contributed by atoms with Gasteiger partial charge in [0.05, 0.1) is 21.6 Å². The van der Waals surface area contributed by atoms with Gasteiger partial charge in [-0.1, -0.05) is 35.3 Å². The number of aliphatic carboxylic acids is 1. The van der Waals surface area contributed by atoms with Crippen LogP contribution in [0.2, 0.25) is 10.0 Å². The maximum absolute atomic E-state index is 13.0. The number of carboxylic acids is 1. The molecule has 0 aliphatic rings. The Balaban J connectivity index is 1.65. The molecule has 0 aliphatic heterocycles. The number of alkyl halides is 3. The minimum Gasteiger partial charge on any atom is -0.479 e. The van der Waals surface area contributed by atoms with E-state index in [0.29, 0.717) is 33.0 Å². The van der Waals surface area contributed by atoms with Gasteiger partial charge in [0.15, 0.2) is 23.3 Å². The quantitative estimate of drug-likeness (QED) is 0.193. The predicted molar refractivity (Wildman–Crippen MR) is 141 cm³/mol. The van der Waals surface area contributed by atoms with Crippen LogP contribution < -0.4 is 14.2 Å². The van der Waals surface area contributed by atoms with E-state index in [1.165, 1.54) is 36.4 Å². The third-order valence-corrected chi connectivity index (χ3v) is 6.56. The van der Waals surface area contributed by atoms with Crippen molar-refractivity contribution in [3.8, 4) is 28.8 Å². The molecule has 2 aromatic heterocycles. The van der Waals surface area contributed by atoms with Gasteiger partial charge in [0, 0.05) is 22.5 Å². The van der Waals surface area contributed by atoms with Crippen molar-refractivity contribution in [3.05, 3.63) is 70.3 Å². The SMILES string of the molecule is CC[C@@H](Oc1cc(Oc2c(C)n(-c3noc4cc(Cl)ccc34)c3ccc(OC(F)(F)F)cc23)ccc1Cl)C(=O)O. The molecule has 2 heterocycles. The fourth-order valence-corrected chi connectivity index (χ4v) is 4.57. The van der Waals surface area contributed by atoms with Crippen LogP contribution >= 0.6 is 23.2 Å². The van der Waals surface area contributed by atoms with Gasteiger partial charge in [0.1, 0.15) is 17.2 Å². The van der Waals surface area contributed by atoms with Crippen LogP contribution in [-0.2, 0) is 4.79 Å². The Morgan fingerprint density at radius 1 is 1.07 bits per heavy atom. The highest BCUT2D eigenvalue weighted by atomic mass is 35.5. The summed E-state index contributed by atoms with van der Waals surface area (Å²) in [7, 11) is 0. The number of hydrogen-bond acceptors (Lipinski definition) is 6. The van der Waals surface area contributed by atoms with E-state index >= 15 is 0 Å². The molecule has 0 radical (unpaired) electrons. The zero-order valence-corrected chi connectivity index (χ0v) is 22.3. The van der Waals surface area contributed by atoms with Gasteiger partial charge in [-0.25, -0.2) is 4.79 Å². The predicted octanol–water partition coefficient (Wildman–Crippen LogP) is 8.32. The summed E-state index contributed by atoms with van der Waals surface area (Å²) < 4.78 is 62.0. The minimum absolute atomic E-state index is 0.0651. The van der Waals surface area contributed by atoms with Crippen molar-refractivity contribution >= 4 is 51.0 Å². The smallest absolute Gasteiger partial charge is 0.479 e. The number of carbonyl (C=O) groups is 1. The molecular weight excluding hydrogens is 576 g/mol. The monoisotopic (exact) mass is 594 g/mol. The van der Waals surface area contributed by atoms with Crippen LogP contribution in [-0.4, -0.2) is 33.3 Å². The van der Waals surface area contributed by atoms with E-state index in [2.05, 4.69) is 9.89 Å². The zero-order valence-electron chi connectivity index (χ0n) is 20.8. The molecule has 0 unspecified atom stereocenters. The minimum atomic E-state index is -4.91. The van der Waals surface area contributed by atoms with Crippen molar-refractivity contribution in [2.24, 2.45) is 0 Å². The summed E-state index contributed by atoms with van der Waals surface area (Å²) >= 11 is 12.3. The van der Waals surface area contributed by atoms with Crippen molar-refractivity contribution in [3.63, 3.8) is 0 Å². The average Bonchev–Trinajstić information content (AvgIpc) is 3.40. The molecule has 0 bridgehead atoms. The highest BCUT2D eigenvalue weighted by Crippen LogP contribution is 2.42. The van der Waals surface area contributed by atoms with E-state index in [0.717, 1.165) is 0 Å². The van der Waals surface area contributed by atoms with E-state index in [1.54, 1.807) is 36.6 Å². The molecule has 0 aliphatic carbocycles. The molecule has 1 atom stereocenters. The zero-order chi connectivity index (χ0) is 28.8. The number of rotatable bonds is 8. The number of carboxylic acid groups (broad SMARTS) is 1. The van der Waals surface area contributed by atoms with E-state index < -0.39 is 24.2 Å². The van der Waals surface area contributed by atoms with E-state index in [-0.39, 0.29) is 34.1 Å². The Kier molecular flexibility index (Phi) is 7.19. The number of benzene rings is 3. The number of halogens is 5. The van der Waals surface area contributed by atoms with E-state index in [1.807, 2.05) is 0 Å². The van der Waals surface area contributed by atoms with Gasteiger partial charge in [-0.15, -0.1) is 13.2 Å². The van der Waals surface area contributed by atoms with Crippen molar-refractivity contribution in [1.82, 2.24) is 9.72 Å². The number of fused-ring (bicyclic) bond motifs is 2. The Hall–Kier alpha value is -4.09. The first-order valence-electron chi connectivity index (χ1n) is 11.8. The average molecular weight is 595 g/mol. The Bertz CT molecular complexity index is 1750. The highest BCUT2D eigenvalue weighted by molar-refractivity contribution is 6.32. The van der Waals surface area contributed by atoms with Crippen LogP contribution in [0.15, 0.2) is 59.1 Å². The van der Waals surface area contributed by atoms with Gasteiger partial charge in [-0.2, -0.15) is 0 Å². The van der Waals surface area contributed by atoms with Gasteiger partial charge >= 0.3 is 12.3 Å².